The van der Waals surface area contributed by atoms with Gasteiger partial charge in [-0.2, -0.15) is 0 Å². The van der Waals surface area contributed by atoms with Crippen LogP contribution in [0.5, 0.6) is 5.88 Å². The second-order valence-electron chi connectivity index (χ2n) is 5.45. The topological polar surface area (TPSA) is 80.9 Å². The Bertz CT molecular complexity index is 677. The Hall–Kier alpha value is -2.06. The van der Waals surface area contributed by atoms with E-state index in [4.69, 9.17) is 19.4 Å². The summed E-state index contributed by atoms with van der Waals surface area (Å²) < 4.78 is 24.2. The first-order chi connectivity index (χ1) is 9.67. The van der Waals surface area contributed by atoms with E-state index in [1.54, 1.807) is 20.8 Å². The van der Waals surface area contributed by atoms with Crippen LogP contribution in [0.15, 0.2) is 24.3 Å². The monoisotopic (exact) mass is 295 g/mol. The Balaban J connectivity index is 2.54. The molecule has 112 valence electrons. The molecule has 0 spiro atoms. The lowest BCUT2D eigenvalue weighted by atomic mass is 10.2. The number of aromatic nitrogens is 1. The summed E-state index contributed by atoms with van der Waals surface area (Å²) in [6.07, 6.45) is -0.764. The van der Waals surface area contributed by atoms with Crippen molar-refractivity contribution in [3.05, 3.63) is 30.1 Å². The van der Waals surface area contributed by atoms with E-state index in [1.165, 1.54) is 24.3 Å². The van der Waals surface area contributed by atoms with Gasteiger partial charge in [0.2, 0.25) is 0 Å². The van der Waals surface area contributed by atoms with Crippen molar-refractivity contribution >= 4 is 24.3 Å². The second-order valence-corrected chi connectivity index (χ2v) is 5.45. The molecule has 1 aromatic carbocycles. The minimum absolute atomic E-state index is 0.153. The average Bonchev–Trinajstić information content (AvgIpc) is 2.62. The van der Waals surface area contributed by atoms with Crippen LogP contribution in [0.4, 0.5) is 9.18 Å². The maximum absolute atomic E-state index is 13.2. The molecule has 2 rings (SSSR count). The van der Waals surface area contributed by atoms with E-state index in [2.05, 4.69) is 0 Å². The van der Waals surface area contributed by atoms with Gasteiger partial charge in [0.1, 0.15) is 11.4 Å². The molecule has 0 bridgehead atoms. The molecule has 6 nitrogen and oxygen atoms in total. The van der Waals surface area contributed by atoms with Gasteiger partial charge in [0.05, 0.1) is 5.52 Å². The van der Waals surface area contributed by atoms with Crippen molar-refractivity contribution in [1.82, 2.24) is 4.57 Å². The van der Waals surface area contributed by atoms with Gasteiger partial charge in [0, 0.05) is 11.5 Å². The van der Waals surface area contributed by atoms with Crippen molar-refractivity contribution in [2.75, 3.05) is 0 Å². The van der Waals surface area contributed by atoms with Gasteiger partial charge < -0.3 is 19.4 Å². The van der Waals surface area contributed by atoms with Crippen molar-refractivity contribution in [2.24, 2.45) is 0 Å². The van der Waals surface area contributed by atoms with Gasteiger partial charge in [-0.05, 0) is 39.0 Å². The maximum Gasteiger partial charge on any atom is 0.708 e. The average molecular weight is 295 g/mol. The summed E-state index contributed by atoms with van der Waals surface area (Å²) in [6.45, 7) is 5.08. The van der Waals surface area contributed by atoms with Crippen LogP contribution in [0.1, 0.15) is 20.8 Å². The minimum Gasteiger partial charge on any atom is -0.498 e. The number of hydrogen-bond donors (Lipinski definition) is 2. The first-order valence-electron chi connectivity index (χ1n) is 6.24. The third kappa shape index (κ3) is 3.53. The number of nitrogens with zero attached hydrogens (tertiary/aromatic N) is 1. The first-order valence-corrected chi connectivity index (χ1v) is 6.24. The van der Waals surface area contributed by atoms with Crippen LogP contribution in [-0.4, -0.2) is 33.6 Å². The van der Waals surface area contributed by atoms with Crippen LogP contribution < -0.4 is 4.65 Å². The largest absolute Gasteiger partial charge is 0.708 e. The number of ether oxygens (including phenoxy) is 1. The molecule has 1 heterocycles. The van der Waals surface area contributed by atoms with Crippen molar-refractivity contribution in [3.8, 4) is 5.88 Å². The highest BCUT2D eigenvalue weighted by atomic mass is 19.1. The molecule has 0 amide bonds. The van der Waals surface area contributed by atoms with E-state index in [1.807, 2.05) is 0 Å². The molecule has 0 aliphatic carbocycles. The summed E-state index contributed by atoms with van der Waals surface area (Å²) in [6, 6.07) is 5.09. The summed E-state index contributed by atoms with van der Waals surface area (Å²) in [5.41, 5.74) is -0.413. The predicted octanol–water partition coefficient (Wildman–Crippen LogP) is 1.91. The number of hydrogen-bond acceptors (Lipinski definition) is 5. The fourth-order valence-corrected chi connectivity index (χ4v) is 1.85. The highest BCUT2D eigenvalue weighted by molar-refractivity contribution is 6.33. The van der Waals surface area contributed by atoms with E-state index in [0.717, 1.165) is 4.57 Å². The molecule has 8 heteroatoms. The number of halogens is 1. The van der Waals surface area contributed by atoms with Gasteiger partial charge >= 0.3 is 13.4 Å². The molecule has 0 aliphatic rings. The molecule has 21 heavy (non-hydrogen) atoms. The van der Waals surface area contributed by atoms with E-state index in [-0.39, 0.29) is 5.88 Å². The minimum atomic E-state index is -2.11. The molecule has 1 aromatic heterocycles. The summed E-state index contributed by atoms with van der Waals surface area (Å²) in [4.78, 5) is 12.2. The zero-order chi connectivity index (χ0) is 15.8. The van der Waals surface area contributed by atoms with Gasteiger partial charge in [0.15, 0.2) is 5.88 Å². The molecule has 0 unspecified atom stereocenters. The quantitative estimate of drug-likeness (QED) is 0.827. The van der Waals surface area contributed by atoms with Crippen LogP contribution in [0.3, 0.4) is 0 Å². The van der Waals surface area contributed by atoms with Gasteiger partial charge in [-0.15, -0.1) is 0 Å². The fourth-order valence-electron chi connectivity index (χ4n) is 1.85. The zero-order valence-corrected chi connectivity index (χ0v) is 11.8. The van der Waals surface area contributed by atoms with Crippen LogP contribution >= 0.6 is 0 Å². The van der Waals surface area contributed by atoms with Crippen LogP contribution in [0.25, 0.3) is 10.9 Å². The van der Waals surface area contributed by atoms with E-state index in [9.17, 15) is 9.18 Å². The number of carbonyl (C=O) groups is 1. The Morgan fingerprint density at radius 3 is 2.52 bits per heavy atom. The van der Waals surface area contributed by atoms with Crippen molar-refractivity contribution in [1.29, 1.82) is 0 Å². The molecular formula is C13H15BFNO5. The zero-order valence-electron chi connectivity index (χ0n) is 11.8. The lowest BCUT2D eigenvalue weighted by Gasteiger charge is -2.20. The molecule has 2 aromatic rings. The van der Waals surface area contributed by atoms with Gasteiger partial charge in [-0.1, -0.05) is 0 Å². The summed E-state index contributed by atoms with van der Waals surface area (Å²) in [5, 5.41) is 18.2. The second kappa shape index (κ2) is 5.38. The number of benzene rings is 1. The standard InChI is InChI=1S/C13H15BFNO5/c1-13(2,3)20-12(17)16-10-5-4-9(15)6-8(10)7-11(16)21-14(18)19/h4-7,18-19H,1-3H3. The van der Waals surface area contributed by atoms with Gasteiger partial charge in [0.25, 0.3) is 0 Å². The Labute approximate surface area is 120 Å². The number of rotatable bonds is 2. The molecule has 0 fully saturated rings. The SMILES string of the molecule is CC(C)(C)OC(=O)n1c(OB(O)O)cc2cc(F)ccc21. The van der Waals surface area contributed by atoms with E-state index in [0.29, 0.717) is 10.9 Å². The summed E-state index contributed by atoms with van der Waals surface area (Å²) >= 11 is 0. The summed E-state index contributed by atoms with van der Waals surface area (Å²) in [7, 11) is -2.11. The van der Waals surface area contributed by atoms with Crippen LogP contribution in [0, 0.1) is 5.82 Å². The van der Waals surface area contributed by atoms with Crippen molar-refractivity contribution < 1.29 is 28.6 Å². The third-order valence-corrected chi connectivity index (χ3v) is 2.53. The molecule has 0 atom stereocenters. The number of carbonyl (C=O) groups excluding carboxylic acids is 1. The highest BCUT2D eigenvalue weighted by Gasteiger charge is 2.25. The van der Waals surface area contributed by atoms with E-state index < -0.39 is 24.8 Å². The van der Waals surface area contributed by atoms with Crippen LogP contribution in [0.2, 0.25) is 0 Å². The summed E-state index contributed by atoms with van der Waals surface area (Å²) in [5.74, 6) is -0.639. The Morgan fingerprint density at radius 2 is 1.95 bits per heavy atom. The van der Waals surface area contributed by atoms with Crippen LogP contribution in [-0.2, 0) is 4.74 Å². The lowest BCUT2D eigenvalue weighted by molar-refractivity contribution is 0.0535. The van der Waals surface area contributed by atoms with Gasteiger partial charge in [-0.25, -0.2) is 13.8 Å². The molecule has 0 saturated heterocycles. The fraction of sp³-hybridized carbons (Fsp3) is 0.308. The molecular weight excluding hydrogens is 280 g/mol. The number of fused-ring (bicyclic) bond motifs is 1. The lowest BCUT2D eigenvalue weighted by Crippen LogP contribution is -2.29. The smallest absolute Gasteiger partial charge is 0.498 e. The first kappa shape index (κ1) is 15.3. The van der Waals surface area contributed by atoms with E-state index >= 15 is 0 Å². The normalized spacial score (nSPS) is 11.5. The molecule has 0 aliphatic heterocycles. The van der Waals surface area contributed by atoms with Crippen molar-refractivity contribution in [3.63, 3.8) is 0 Å². The predicted molar refractivity (Wildman–Crippen MR) is 74.3 cm³/mol. The van der Waals surface area contributed by atoms with Gasteiger partial charge in [-0.3, -0.25) is 0 Å². The Morgan fingerprint density at radius 1 is 1.29 bits per heavy atom. The maximum atomic E-state index is 13.2. The third-order valence-electron chi connectivity index (χ3n) is 2.53. The Kier molecular flexibility index (Phi) is 3.93. The highest BCUT2D eigenvalue weighted by Crippen LogP contribution is 2.27. The molecule has 2 N–H and O–H groups in total. The molecule has 0 radical (unpaired) electrons. The molecule has 0 saturated carbocycles. The van der Waals surface area contributed by atoms with Crippen molar-refractivity contribution in [2.45, 2.75) is 26.4 Å².